The zero-order valence-electron chi connectivity index (χ0n) is 8.12. The summed E-state index contributed by atoms with van der Waals surface area (Å²) in [5.74, 6) is 0. The smallest absolute Gasteiger partial charge is 0.0764 e. The third-order valence-corrected chi connectivity index (χ3v) is 2.13. The van der Waals surface area contributed by atoms with Crippen LogP contribution in [0.2, 0.25) is 0 Å². The fraction of sp³-hybridized carbons (Fsp3) is 0.455. The van der Waals surface area contributed by atoms with Gasteiger partial charge < -0.3 is 10.2 Å². The average molecular weight is 180 g/mol. The quantitative estimate of drug-likeness (QED) is 0.741. The van der Waals surface area contributed by atoms with Gasteiger partial charge in [-0.15, -0.1) is 0 Å². The molecule has 0 fully saturated rings. The summed E-state index contributed by atoms with van der Waals surface area (Å²) in [6.07, 6.45) is 0.157. The van der Waals surface area contributed by atoms with Gasteiger partial charge in [-0.2, -0.15) is 0 Å². The van der Waals surface area contributed by atoms with Crippen molar-refractivity contribution in [1.29, 1.82) is 0 Å². The molecule has 1 rings (SSSR count). The Morgan fingerprint density at radius 1 is 1.38 bits per heavy atom. The molecule has 1 atom stereocenters. The van der Waals surface area contributed by atoms with Crippen LogP contribution in [0.5, 0.6) is 0 Å². The van der Waals surface area contributed by atoms with E-state index in [0.29, 0.717) is 6.42 Å². The van der Waals surface area contributed by atoms with Crippen LogP contribution < -0.4 is 0 Å². The van der Waals surface area contributed by atoms with Crippen LogP contribution in [0.1, 0.15) is 29.7 Å². The summed E-state index contributed by atoms with van der Waals surface area (Å²) in [7, 11) is 0. The molecular formula is C11H16O2. The highest BCUT2D eigenvalue weighted by Gasteiger charge is 2.06. The molecule has 0 saturated carbocycles. The normalized spacial score (nSPS) is 12.9. The van der Waals surface area contributed by atoms with E-state index < -0.39 is 6.10 Å². The first-order valence-corrected chi connectivity index (χ1v) is 4.53. The summed E-state index contributed by atoms with van der Waals surface area (Å²) in [5, 5.41) is 18.3. The molecule has 0 saturated heterocycles. The van der Waals surface area contributed by atoms with Crippen LogP contribution in [0.3, 0.4) is 0 Å². The van der Waals surface area contributed by atoms with E-state index in [1.54, 1.807) is 6.92 Å². The van der Waals surface area contributed by atoms with Gasteiger partial charge in [0.25, 0.3) is 0 Å². The molecule has 72 valence electrons. The Hall–Kier alpha value is -0.860. The lowest BCUT2D eigenvalue weighted by Gasteiger charge is -2.11. The molecule has 0 aromatic heterocycles. The average Bonchev–Trinajstić information content (AvgIpc) is 2.04. The van der Waals surface area contributed by atoms with E-state index in [4.69, 9.17) is 5.11 Å². The number of benzene rings is 1. The molecule has 0 radical (unpaired) electrons. The second-order valence-electron chi connectivity index (χ2n) is 3.35. The number of aliphatic hydroxyl groups is 2. The van der Waals surface area contributed by atoms with E-state index in [1.165, 1.54) is 0 Å². The molecule has 0 heterocycles. The van der Waals surface area contributed by atoms with Crippen molar-refractivity contribution in [1.82, 2.24) is 0 Å². The summed E-state index contributed by atoms with van der Waals surface area (Å²) < 4.78 is 0. The maximum absolute atomic E-state index is 9.44. The number of hydrogen-bond acceptors (Lipinski definition) is 2. The predicted molar refractivity (Wildman–Crippen MR) is 52.6 cm³/mol. The first kappa shape index (κ1) is 10.2. The molecular weight excluding hydrogens is 164 g/mol. The molecule has 2 N–H and O–H groups in total. The first-order chi connectivity index (χ1) is 6.15. The standard InChI is InChI=1S/C11H16O2/c1-8-3-4-11(9(2)13)10(7-8)5-6-12/h3-4,7,9,12-13H,5-6H2,1-2H3. The van der Waals surface area contributed by atoms with E-state index in [1.807, 2.05) is 25.1 Å². The van der Waals surface area contributed by atoms with Gasteiger partial charge in [-0.05, 0) is 31.4 Å². The minimum absolute atomic E-state index is 0.128. The topological polar surface area (TPSA) is 40.5 Å². The molecule has 0 aliphatic rings. The van der Waals surface area contributed by atoms with Gasteiger partial charge in [-0.25, -0.2) is 0 Å². The Bertz CT molecular complexity index is 279. The molecule has 0 spiro atoms. The molecule has 0 bridgehead atoms. The Kier molecular flexibility index (Phi) is 3.46. The minimum Gasteiger partial charge on any atom is -0.396 e. The molecule has 2 heteroatoms. The van der Waals surface area contributed by atoms with Crippen molar-refractivity contribution in [2.75, 3.05) is 6.61 Å². The third kappa shape index (κ3) is 2.54. The van der Waals surface area contributed by atoms with E-state index in [0.717, 1.165) is 16.7 Å². The highest BCUT2D eigenvalue weighted by Crippen LogP contribution is 2.19. The van der Waals surface area contributed by atoms with Crippen LogP contribution in [0.15, 0.2) is 18.2 Å². The number of rotatable bonds is 3. The zero-order chi connectivity index (χ0) is 9.84. The van der Waals surface area contributed by atoms with Crippen LogP contribution in [0.25, 0.3) is 0 Å². The van der Waals surface area contributed by atoms with Crippen LogP contribution in [0.4, 0.5) is 0 Å². The number of hydrogen-bond donors (Lipinski definition) is 2. The Morgan fingerprint density at radius 3 is 2.62 bits per heavy atom. The zero-order valence-corrected chi connectivity index (χ0v) is 8.12. The Morgan fingerprint density at radius 2 is 2.08 bits per heavy atom. The van der Waals surface area contributed by atoms with Crippen LogP contribution in [0, 0.1) is 6.92 Å². The van der Waals surface area contributed by atoms with Gasteiger partial charge in [-0.3, -0.25) is 0 Å². The largest absolute Gasteiger partial charge is 0.396 e. The predicted octanol–water partition coefficient (Wildman–Crippen LogP) is 1.58. The molecule has 0 aliphatic carbocycles. The van der Waals surface area contributed by atoms with E-state index in [9.17, 15) is 5.11 Å². The van der Waals surface area contributed by atoms with Gasteiger partial charge >= 0.3 is 0 Å². The summed E-state index contributed by atoms with van der Waals surface area (Å²) >= 11 is 0. The van der Waals surface area contributed by atoms with E-state index >= 15 is 0 Å². The van der Waals surface area contributed by atoms with Crippen LogP contribution in [-0.2, 0) is 6.42 Å². The fourth-order valence-electron chi connectivity index (χ4n) is 1.48. The maximum atomic E-state index is 9.44. The van der Waals surface area contributed by atoms with Crippen molar-refractivity contribution in [3.63, 3.8) is 0 Å². The molecule has 0 aliphatic heterocycles. The second kappa shape index (κ2) is 4.40. The van der Waals surface area contributed by atoms with Crippen molar-refractivity contribution >= 4 is 0 Å². The van der Waals surface area contributed by atoms with E-state index in [2.05, 4.69) is 0 Å². The van der Waals surface area contributed by atoms with Crippen molar-refractivity contribution in [2.24, 2.45) is 0 Å². The lowest BCUT2D eigenvalue weighted by molar-refractivity contribution is 0.197. The monoisotopic (exact) mass is 180 g/mol. The van der Waals surface area contributed by atoms with Gasteiger partial charge in [-0.1, -0.05) is 23.8 Å². The summed E-state index contributed by atoms with van der Waals surface area (Å²) in [5.41, 5.74) is 3.12. The summed E-state index contributed by atoms with van der Waals surface area (Å²) in [4.78, 5) is 0. The van der Waals surface area contributed by atoms with Gasteiger partial charge in [0.2, 0.25) is 0 Å². The highest BCUT2D eigenvalue weighted by molar-refractivity contribution is 5.33. The fourth-order valence-corrected chi connectivity index (χ4v) is 1.48. The third-order valence-electron chi connectivity index (χ3n) is 2.13. The van der Waals surface area contributed by atoms with Crippen molar-refractivity contribution in [3.8, 4) is 0 Å². The van der Waals surface area contributed by atoms with Crippen molar-refractivity contribution in [2.45, 2.75) is 26.4 Å². The van der Waals surface area contributed by atoms with Gasteiger partial charge in [0.1, 0.15) is 0 Å². The highest BCUT2D eigenvalue weighted by atomic mass is 16.3. The first-order valence-electron chi connectivity index (χ1n) is 4.53. The molecule has 1 aromatic rings. The SMILES string of the molecule is Cc1ccc(C(C)O)c(CCO)c1. The molecule has 1 aromatic carbocycles. The Balaban J connectivity index is 3.03. The lowest BCUT2D eigenvalue weighted by atomic mass is 9.99. The minimum atomic E-state index is -0.456. The van der Waals surface area contributed by atoms with Crippen molar-refractivity contribution < 1.29 is 10.2 Å². The van der Waals surface area contributed by atoms with Gasteiger partial charge in [0.05, 0.1) is 6.10 Å². The summed E-state index contributed by atoms with van der Waals surface area (Å²) in [6, 6.07) is 5.91. The lowest BCUT2D eigenvalue weighted by Crippen LogP contribution is -2.01. The van der Waals surface area contributed by atoms with Crippen LogP contribution in [-0.4, -0.2) is 16.8 Å². The Labute approximate surface area is 78.8 Å². The molecule has 13 heavy (non-hydrogen) atoms. The summed E-state index contributed by atoms with van der Waals surface area (Å²) in [6.45, 7) is 3.88. The van der Waals surface area contributed by atoms with Gasteiger partial charge in [0, 0.05) is 6.61 Å². The number of aliphatic hydroxyl groups excluding tert-OH is 2. The van der Waals surface area contributed by atoms with Gasteiger partial charge in [0.15, 0.2) is 0 Å². The number of aryl methyl sites for hydroxylation is 1. The molecule has 2 nitrogen and oxygen atoms in total. The van der Waals surface area contributed by atoms with Crippen molar-refractivity contribution in [3.05, 3.63) is 34.9 Å². The van der Waals surface area contributed by atoms with Crippen LogP contribution >= 0.6 is 0 Å². The van der Waals surface area contributed by atoms with E-state index in [-0.39, 0.29) is 6.61 Å². The maximum Gasteiger partial charge on any atom is 0.0764 e. The molecule has 0 amide bonds. The molecule has 1 unspecified atom stereocenters. The second-order valence-corrected chi connectivity index (χ2v) is 3.35.